The van der Waals surface area contributed by atoms with Crippen LogP contribution in [0.4, 0.5) is 0 Å². The number of hydrogen-bond donors (Lipinski definition) is 0. The van der Waals surface area contributed by atoms with E-state index in [1.165, 1.54) is 44.9 Å². The minimum atomic E-state index is 0.473. The lowest BCUT2D eigenvalue weighted by Crippen LogP contribution is -2.23. The molecule has 0 radical (unpaired) electrons. The summed E-state index contributed by atoms with van der Waals surface area (Å²) in [4.78, 5) is 0. The third-order valence-electron chi connectivity index (χ3n) is 11.4. The molecule has 5 aliphatic carbocycles. The lowest BCUT2D eigenvalue weighted by atomic mass is 9.73. The second-order valence-corrected chi connectivity index (χ2v) is 13.5. The van der Waals surface area contributed by atoms with Crippen molar-refractivity contribution in [2.24, 2.45) is 51.8 Å². The summed E-state index contributed by atoms with van der Waals surface area (Å²) in [6.45, 7) is 8.79. The quantitative estimate of drug-likeness (QED) is 0.440. The van der Waals surface area contributed by atoms with Gasteiger partial charge in [-0.1, -0.05) is 33.6 Å². The van der Waals surface area contributed by atoms with Gasteiger partial charge >= 0.3 is 0 Å². The van der Waals surface area contributed by atoms with Crippen LogP contribution in [0, 0.1) is 51.8 Å². The molecule has 0 spiro atoms. The molecule has 1 nitrogen and oxygen atoms in total. The molecule has 0 aromatic carbocycles. The van der Waals surface area contributed by atoms with Crippen molar-refractivity contribution in [3.8, 4) is 0 Å². The van der Waals surface area contributed by atoms with Crippen LogP contribution in [0.2, 0.25) is 0 Å². The Labute approximate surface area is 181 Å². The lowest BCUT2D eigenvalue weighted by Gasteiger charge is -2.32. The van der Waals surface area contributed by atoms with Crippen molar-refractivity contribution in [3.05, 3.63) is 0 Å². The topological polar surface area (TPSA) is 9.23 Å². The normalized spacial score (nSPS) is 51.7. The second kappa shape index (κ2) is 7.53. The zero-order valence-electron chi connectivity index (χ0n) is 20.0. The number of ether oxygens (including phenoxy) is 1. The van der Waals surface area contributed by atoms with Gasteiger partial charge in [-0.15, -0.1) is 0 Å². The van der Waals surface area contributed by atoms with Gasteiger partial charge in [-0.05, 0) is 129 Å². The van der Waals surface area contributed by atoms with Crippen molar-refractivity contribution in [2.75, 3.05) is 13.7 Å². The van der Waals surface area contributed by atoms with Gasteiger partial charge in [0.25, 0.3) is 0 Å². The summed E-state index contributed by atoms with van der Waals surface area (Å²) in [7, 11) is 1.89. The van der Waals surface area contributed by atoms with Gasteiger partial charge < -0.3 is 4.74 Å². The SMILES string of the molecule is COC[C@]1(C)CCC(C2CC2[C@]2(C)CCC(C3CCC(C4(C)CCCC4)C3)C2)C1. The first-order valence-electron chi connectivity index (χ1n) is 13.3. The van der Waals surface area contributed by atoms with Crippen molar-refractivity contribution >= 4 is 0 Å². The van der Waals surface area contributed by atoms with Crippen molar-refractivity contribution in [1.82, 2.24) is 0 Å². The summed E-state index contributed by atoms with van der Waals surface area (Å²) in [5.41, 5.74) is 1.88. The Morgan fingerprint density at radius 3 is 2.24 bits per heavy atom. The standard InChI is InChI=1S/C28H48O/c1-26(19-29-4)13-9-22(17-26)24-16-25(24)28(3)14-10-21(18-28)20-7-8-23(15-20)27(2)11-5-6-12-27/h20-25H,5-19H2,1-4H3/t20?,21?,22?,23?,24?,25?,26-,28-/m1/s1. The fourth-order valence-corrected chi connectivity index (χ4v) is 9.48. The first-order chi connectivity index (χ1) is 13.8. The van der Waals surface area contributed by atoms with E-state index in [9.17, 15) is 0 Å². The van der Waals surface area contributed by atoms with Crippen molar-refractivity contribution in [1.29, 1.82) is 0 Å². The highest BCUT2D eigenvalue weighted by Crippen LogP contribution is 2.66. The van der Waals surface area contributed by atoms with Gasteiger partial charge in [0.05, 0.1) is 6.61 Å². The molecule has 0 amide bonds. The van der Waals surface area contributed by atoms with Crippen LogP contribution in [0.15, 0.2) is 0 Å². The first-order valence-corrected chi connectivity index (χ1v) is 13.3. The third kappa shape index (κ3) is 3.85. The Morgan fingerprint density at radius 1 is 0.724 bits per heavy atom. The first kappa shape index (κ1) is 20.8. The van der Waals surface area contributed by atoms with E-state index in [0.29, 0.717) is 10.8 Å². The molecular formula is C28H48O. The molecule has 5 aliphatic rings. The van der Waals surface area contributed by atoms with Gasteiger partial charge in [0, 0.05) is 7.11 Å². The van der Waals surface area contributed by atoms with Crippen LogP contribution in [0.5, 0.6) is 0 Å². The highest BCUT2D eigenvalue weighted by atomic mass is 16.5. The van der Waals surface area contributed by atoms with Gasteiger partial charge in [0.15, 0.2) is 0 Å². The molecule has 0 heterocycles. The molecule has 0 aromatic rings. The Morgan fingerprint density at radius 2 is 1.48 bits per heavy atom. The second-order valence-electron chi connectivity index (χ2n) is 13.5. The molecule has 5 saturated carbocycles. The van der Waals surface area contributed by atoms with Crippen LogP contribution in [0.3, 0.4) is 0 Å². The summed E-state index contributed by atoms with van der Waals surface area (Å²) in [5, 5.41) is 0. The van der Waals surface area contributed by atoms with Crippen molar-refractivity contribution < 1.29 is 4.74 Å². The van der Waals surface area contributed by atoms with Gasteiger partial charge in [-0.3, -0.25) is 0 Å². The average molecular weight is 401 g/mol. The summed E-state index contributed by atoms with van der Waals surface area (Å²) in [6.07, 6.45) is 21.3. The number of hydrogen-bond acceptors (Lipinski definition) is 1. The summed E-state index contributed by atoms with van der Waals surface area (Å²) < 4.78 is 5.55. The summed E-state index contributed by atoms with van der Waals surface area (Å²) in [6, 6.07) is 0. The van der Waals surface area contributed by atoms with Crippen LogP contribution < -0.4 is 0 Å². The smallest absolute Gasteiger partial charge is 0.0516 e. The van der Waals surface area contributed by atoms with Gasteiger partial charge in [-0.2, -0.15) is 0 Å². The zero-order valence-corrected chi connectivity index (χ0v) is 20.0. The summed E-state index contributed by atoms with van der Waals surface area (Å²) in [5.74, 6) is 6.34. The number of methoxy groups -OCH3 is 1. The largest absolute Gasteiger partial charge is 0.384 e. The van der Waals surface area contributed by atoms with Gasteiger partial charge in [0.2, 0.25) is 0 Å². The molecule has 0 aliphatic heterocycles. The average Bonchev–Trinajstić information content (AvgIpc) is 3.11. The van der Waals surface area contributed by atoms with Gasteiger partial charge in [0.1, 0.15) is 0 Å². The Kier molecular flexibility index (Phi) is 5.41. The van der Waals surface area contributed by atoms with Crippen molar-refractivity contribution in [3.63, 3.8) is 0 Å². The molecule has 0 aromatic heterocycles. The molecule has 5 rings (SSSR count). The monoisotopic (exact) mass is 400 g/mol. The Hall–Kier alpha value is -0.0400. The highest BCUT2D eigenvalue weighted by molar-refractivity contribution is 5.07. The zero-order chi connectivity index (χ0) is 20.3. The fourth-order valence-electron chi connectivity index (χ4n) is 9.48. The van der Waals surface area contributed by atoms with E-state index in [1.54, 1.807) is 44.9 Å². The summed E-state index contributed by atoms with van der Waals surface area (Å²) >= 11 is 0. The minimum Gasteiger partial charge on any atom is -0.384 e. The van der Waals surface area contributed by atoms with E-state index >= 15 is 0 Å². The predicted octanol–water partition coefficient (Wildman–Crippen LogP) is 7.88. The maximum absolute atomic E-state index is 5.55. The van der Waals surface area contributed by atoms with Crippen LogP contribution in [0.1, 0.15) is 111 Å². The van der Waals surface area contributed by atoms with E-state index in [0.717, 1.165) is 47.5 Å². The van der Waals surface area contributed by atoms with E-state index in [4.69, 9.17) is 4.74 Å². The molecule has 166 valence electrons. The van der Waals surface area contributed by atoms with Crippen molar-refractivity contribution in [2.45, 2.75) is 111 Å². The number of rotatable bonds is 6. The third-order valence-corrected chi connectivity index (χ3v) is 11.4. The predicted molar refractivity (Wildman–Crippen MR) is 122 cm³/mol. The molecule has 0 N–H and O–H groups in total. The fraction of sp³-hybridized carbons (Fsp3) is 1.00. The maximum atomic E-state index is 5.55. The Bertz CT molecular complexity index is 591. The van der Waals surface area contributed by atoms with E-state index in [2.05, 4.69) is 20.8 Å². The molecule has 29 heavy (non-hydrogen) atoms. The molecule has 1 heteroatoms. The Balaban J connectivity index is 1.14. The van der Waals surface area contributed by atoms with Gasteiger partial charge in [-0.25, -0.2) is 0 Å². The van der Waals surface area contributed by atoms with Crippen LogP contribution in [0.25, 0.3) is 0 Å². The van der Waals surface area contributed by atoms with Crippen LogP contribution in [-0.4, -0.2) is 13.7 Å². The van der Waals surface area contributed by atoms with Crippen LogP contribution in [-0.2, 0) is 4.74 Å². The lowest BCUT2D eigenvalue weighted by molar-refractivity contribution is 0.0918. The molecule has 6 unspecified atom stereocenters. The molecule has 0 saturated heterocycles. The van der Waals surface area contributed by atoms with E-state index in [1.807, 2.05) is 7.11 Å². The molecule has 0 bridgehead atoms. The minimum absolute atomic E-state index is 0.473. The van der Waals surface area contributed by atoms with E-state index < -0.39 is 0 Å². The maximum Gasteiger partial charge on any atom is 0.0516 e. The molecular weight excluding hydrogens is 352 g/mol. The van der Waals surface area contributed by atoms with E-state index in [-0.39, 0.29) is 0 Å². The van der Waals surface area contributed by atoms with Crippen LogP contribution >= 0.6 is 0 Å². The highest BCUT2D eigenvalue weighted by Gasteiger charge is 2.57. The molecule has 8 atom stereocenters. The molecule has 5 fully saturated rings.